The zero-order valence-corrected chi connectivity index (χ0v) is 14.5. The Balaban J connectivity index is 1.52. The van der Waals surface area contributed by atoms with Crippen molar-refractivity contribution in [2.45, 2.75) is 44.6 Å². The van der Waals surface area contributed by atoms with Gasteiger partial charge in [0.05, 0.1) is 6.04 Å². The maximum Gasteiger partial charge on any atom is 0.227 e. The first-order chi connectivity index (χ1) is 11.2. The number of nitrogens with zero attached hydrogens (tertiary/aromatic N) is 5. The molecule has 0 saturated carbocycles. The molecule has 3 aliphatic rings. The molecular weight excluding hydrogens is 290 g/mol. The molecule has 0 aliphatic carbocycles. The summed E-state index contributed by atoms with van der Waals surface area (Å²) in [5.41, 5.74) is 0.450. The predicted octanol–water partition coefficient (Wildman–Crippen LogP) is 1.98. The summed E-state index contributed by atoms with van der Waals surface area (Å²) >= 11 is 0. The smallest absolute Gasteiger partial charge is 0.227 e. The molecule has 3 fully saturated rings. The summed E-state index contributed by atoms with van der Waals surface area (Å²) in [4.78, 5) is 4.88. The van der Waals surface area contributed by atoms with E-state index in [0.29, 0.717) is 11.5 Å². The van der Waals surface area contributed by atoms with E-state index in [1.165, 1.54) is 45.1 Å². The van der Waals surface area contributed by atoms with Gasteiger partial charge in [-0.1, -0.05) is 6.42 Å². The van der Waals surface area contributed by atoms with Crippen LogP contribution in [0.1, 0.15) is 50.4 Å². The van der Waals surface area contributed by atoms with Gasteiger partial charge in [0.2, 0.25) is 5.95 Å². The summed E-state index contributed by atoms with van der Waals surface area (Å²) in [6, 6.07) is 0.426. The van der Waals surface area contributed by atoms with Gasteiger partial charge >= 0.3 is 0 Å². The van der Waals surface area contributed by atoms with E-state index in [0.717, 1.165) is 38.1 Å². The van der Waals surface area contributed by atoms with Crippen molar-refractivity contribution in [3.63, 3.8) is 0 Å². The third kappa shape index (κ3) is 2.76. The standard InChI is InChI=1S/C17H29N5O/c1-20-9-4-3-5-14(20)15-18-19-16(21(15)2)22-10-6-17(13-22)7-11-23-12-8-17/h14H,3-13H2,1-2H3. The Kier molecular flexibility index (Phi) is 4.05. The van der Waals surface area contributed by atoms with E-state index in [2.05, 4.69) is 38.7 Å². The Bertz CT molecular complexity index is 551. The number of rotatable bonds is 2. The first kappa shape index (κ1) is 15.4. The van der Waals surface area contributed by atoms with Crippen LogP contribution in [-0.4, -0.2) is 59.6 Å². The SMILES string of the molecule is CN1CCCCC1c1nnc(N2CCC3(CCOCC3)C2)n1C. The minimum Gasteiger partial charge on any atom is -0.381 e. The minimum absolute atomic E-state index is 0.426. The Morgan fingerprint density at radius 1 is 1.04 bits per heavy atom. The molecule has 0 bridgehead atoms. The van der Waals surface area contributed by atoms with Gasteiger partial charge in [-0.05, 0) is 51.1 Å². The first-order valence-corrected chi connectivity index (χ1v) is 9.11. The fraction of sp³-hybridized carbons (Fsp3) is 0.882. The number of anilines is 1. The predicted molar refractivity (Wildman–Crippen MR) is 89.5 cm³/mol. The van der Waals surface area contributed by atoms with E-state index in [4.69, 9.17) is 4.74 Å². The van der Waals surface area contributed by atoms with Crippen LogP contribution in [0.3, 0.4) is 0 Å². The van der Waals surface area contributed by atoms with Crippen molar-refractivity contribution < 1.29 is 4.74 Å². The normalized spacial score (nSPS) is 28.6. The van der Waals surface area contributed by atoms with Gasteiger partial charge in [-0.3, -0.25) is 9.47 Å². The highest BCUT2D eigenvalue weighted by molar-refractivity contribution is 5.34. The fourth-order valence-corrected chi connectivity index (χ4v) is 4.62. The van der Waals surface area contributed by atoms with Crippen LogP contribution in [0.25, 0.3) is 0 Å². The van der Waals surface area contributed by atoms with Gasteiger partial charge in [0, 0.05) is 33.4 Å². The topological polar surface area (TPSA) is 46.4 Å². The highest BCUT2D eigenvalue weighted by Crippen LogP contribution is 2.41. The lowest BCUT2D eigenvalue weighted by atomic mass is 9.80. The Morgan fingerprint density at radius 3 is 2.65 bits per heavy atom. The summed E-state index contributed by atoms with van der Waals surface area (Å²) < 4.78 is 7.80. The second-order valence-electron chi connectivity index (χ2n) is 7.69. The molecule has 4 rings (SSSR count). The molecule has 1 atom stereocenters. The maximum absolute atomic E-state index is 5.56. The van der Waals surface area contributed by atoms with Gasteiger partial charge in [0.15, 0.2) is 5.82 Å². The van der Waals surface area contributed by atoms with E-state index in [1.807, 2.05) is 0 Å². The van der Waals surface area contributed by atoms with Crippen LogP contribution in [-0.2, 0) is 11.8 Å². The summed E-state index contributed by atoms with van der Waals surface area (Å²) in [6.45, 7) is 5.23. The van der Waals surface area contributed by atoms with Gasteiger partial charge in [-0.25, -0.2) is 0 Å². The summed E-state index contributed by atoms with van der Waals surface area (Å²) in [5.74, 6) is 2.19. The van der Waals surface area contributed by atoms with Gasteiger partial charge in [-0.15, -0.1) is 10.2 Å². The van der Waals surface area contributed by atoms with Crippen molar-refractivity contribution in [3.05, 3.63) is 5.82 Å². The zero-order chi connectivity index (χ0) is 15.9. The molecule has 0 aromatic carbocycles. The largest absolute Gasteiger partial charge is 0.381 e. The lowest BCUT2D eigenvalue weighted by Crippen LogP contribution is -2.34. The van der Waals surface area contributed by atoms with Crippen molar-refractivity contribution in [3.8, 4) is 0 Å². The number of ether oxygens (including phenoxy) is 1. The van der Waals surface area contributed by atoms with Gasteiger partial charge < -0.3 is 9.64 Å². The second kappa shape index (κ2) is 6.06. The van der Waals surface area contributed by atoms with Crippen LogP contribution >= 0.6 is 0 Å². The Hall–Kier alpha value is -1.14. The monoisotopic (exact) mass is 319 g/mol. The number of likely N-dealkylation sites (tertiary alicyclic amines) is 1. The van der Waals surface area contributed by atoms with Crippen LogP contribution in [0.5, 0.6) is 0 Å². The third-order valence-electron chi connectivity index (χ3n) is 6.23. The molecule has 6 heteroatoms. The number of piperidine rings is 1. The van der Waals surface area contributed by atoms with Crippen LogP contribution in [0.2, 0.25) is 0 Å². The van der Waals surface area contributed by atoms with Crippen molar-refractivity contribution in [1.29, 1.82) is 0 Å². The third-order valence-corrected chi connectivity index (χ3v) is 6.23. The first-order valence-electron chi connectivity index (χ1n) is 9.11. The molecular formula is C17H29N5O. The van der Waals surface area contributed by atoms with E-state index in [-0.39, 0.29) is 0 Å². The van der Waals surface area contributed by atoms with Crippen molar-refractivity contribution in [2.24, 2.45) is 12.5 Å². The molecule has 3 saturated heterocycles. The maximum atomic E-state index is 5.56. The minimum atomic E-state index is 0.426. The van der Waals surface area contributed by atoms with Crippen LogP contribution in [0.4, 0.5) is 5.95 Å². The molecule has 128 valence electrons. The van der Waals surface area contributed by atoms with Crippen LogP contribution < -0.4 is 4.90 Å². The highest BCUT2D eigenvalue weighted by atomic mass is 16.5. The van der Waals surface area contributed by atoms with Crippen molar-refractivity contribution in [1.82, 2.24) is 19.7 Å². The molecule has 1 aromatic heterocycles. The molecule has 0 radical (unpaired) electrons. The lowest BCUT2D eigenvalue weighted by molar-refractivity contribution is 0.0254. The quantitative estimate of drug-likeness (QED) is 0.834. The molecule has 3 aliphatic heterocycles. The Morgan fingerprint density at radius 2 is 1.87 bits per heavy atom. The van der Waals surface area contributed by atoms with E-state index < -0.39 is 0 Å². The molecule has 23 heavy (non-hydrogen) atoms. The van der Waals surface area contributed by atoms with Crippen molar-refractivity contribution in [2.75, 3.05) is 44.8 Å². The molecule has 1 aromatic rings. The average Bonchev–Trinajstić information content (AvgIpc) is 3.13. The molecule has 4 heterocycles. The van der Waals surface area contributed by atoms with E-state index in [9.17, 15) is 0 Å². The zero-order valence-electron chi connectivity index (χ0n) is 14.5. The summed E-state index contributed by atoms with van der Waals surface area (Å²) in [5, 5.41) is 9.14. The Labute approximate surface area is 138 Å². The number of hydrogen-bond acceptors (Lipinski definition) is 5. The summed E-state index contributed by atoms with van der Waals surface area (Å²) in [7, 11) is 4.35. The summed E-state index contributed by atoms with van der Waals surface area (Å²) in [6.07, 6.45) is 7.45. The number of aromatic nitrogens is 3. The van der Waals surface area contributed by atoms with E-state index >= 15 is 0 Å². The van der Waals surface area contributed by atoms with Crippen LogP contribution in [0.15, 0.2) is 0 Å². The molecule has 1 unspecified atom stereocenters. The fourth-order valence-electron chi connectivity index (χ4n) is 4.62. The molecule has 1 spiro atoms. The van der Waals surface area contributed by atoms with Gasteiger partial charge in [0.1, 0.15) is 0 Å². The second-order valence-corrected chi connectivity index (χ2v) is 7.69. The van der Waals surface area contributed by atoms with Crippen molar-refractivity contribution >= 4 is 5.95 Å². The molecule has 0 N–H and O–H groups in total. The highest BCUT2D eigenvalue weighted by Gasteiger charge is 2.41. The lowest BCUT2D eigenvalue weighted by Gasteiger charge is -2.33. The average molecular weight is 319 g/mol. The van der Waals surface area contributed by atoms with Crippen LogP contribution in [0, 0.1) is 5.41 Å². The molecule has 0 amide bonds. The van der Waals surface area contributed by atoms with Gasteiger partial charge in [-0.2, -0.15) is 0 Å². The molecule has 6 nitrogen and oxygen atoms in total. The number of hydrogen-bond donors (Lipinski definition) is 0. The van der Waals surface area contributed by atoms with Gasteiger partial charge in [0.25, 0.3) is 0 Å². The van der Waals surface area contributed by atoms with E-state index in [1.54, 1.807) is 0 Å².